The van der Waals surface area contributed by atoms with Crippen LogP contribution in [0, 0.1) is 0 Å². The van der Waals surface area contributed by atoms with E-state index in [9.17, 15) is 0 Å². The summed E-state index contributed by atoms with van der Waals surface area (Å²) in [4.78, 5) is 3.25. The molecule has 45 heavy (non-hydrogen) atoms. The third kappa shape index (κ3) is 67.9. The van der Waals surface area contributed by atoms with E-state index in [4.69, 9.17) is 0 Å². The zero-order valence-corrected chi connectivity index (χ0v) is 35.5. The molecule has 2 nitrogen and oxygen atoms in total. The van der Waals surface area contributed by atoms with Crippen molar-refractivity contribution >= 4 is 58.3 Å². The molecule has 0 amide bonds. The summed E-state index contributed by atoms with van der Waals surface area (Å²) in [5.41, 5.74) is 9.31. The van der Waals surface area contributed by atoms with Gasteiger partial charge in [0.15, 0.2) is 0 Å². The molecule has 7 heteroatoms. The summed E-state index contributed by atoms with van der Waals surface area (Å²) in [6, 6.07) is 0. The van der Waals surface area contributed by atoms with Crippen molar-refractivity contribution in [1.29, 1.82) is 0 Å². The van der Waals surface area contributed by atoms with Gasteiger partial charge in [-0.25, -0.2) is 0 Å². The van der Waals surface area contributed by atoms with Crippen molar-refractivity contribution in [2.75, 3.05) is 0 Å². The number of thiocarbonyl (C=S) groups is 2. The van der Waals surface area contributed by atoms with Crippen molar-refractivity contribution in [1.82, 2.24) is 0 Å². The normalized spacial score (nSPS) is 10.4. The van der Waals surface area contributed by atoms with Crippen LogP contribution in [0.2, 0.25) is 9.62 Å². The van der Waals surface area contributed by atoms with Gasteiger partial charge < -0.3 is 61.2 Å². The third-order valence-electron chi connectivity index (χ3n) is 8.28. The molecular formula is C38H78MoN2S4. The molecular weight excluding hydrogens is 709 g/mol. The molecule has 0 aromatic carbocycles. The monoisotopic (exact) mass is 788 g/mol. The van der Waals surface area contributed by atoms with Crippen molar-refractivity contribution in [2.24, 2.45) is 11.5 Å². The summed E-state index contributed by atoms with van der Waals surface area (Å²) in [5, 5.41) is 0. The Kier molecular flexibility index (Phi) is 55.1. The first kappa shape index (κ1) is 50.3. The number of hydrogen-bond acceptors (Lipinski definition) is 4. The molecule has 0 radical (unpaired) electrons. The van der Waals surface area contributed by atoms with Crippen molar-refractivity contribution < 1.29 is 18.6 Å². The second kappa shape index (κ2) is 49.3. The molecule has 0 aliphatic heterocycles. The Bertz CT molecular complexity index is 498. The Balaban J connectivity index is -0.00000195. The third-order valence-corrected chi connectivity index (χ3v) is 11.1. The van der Waals surface area contributed by atoms with Gasteiger partial charge in [-0.05, 0) is 0 Å². The average Bonchev–Trinajstić information content (AvgIpc) is 2.99. The summed E-state index contributed by atoms with van der Waals surface area (Å²) in [6.07, 6.45) is 47.7. The van der Waals surface area contributed by atoms with E-state index in [-0.39, 0.29) is 8.64 Å². The molecule has 0 aromatic rings. The number of unbranched alkanes of at least 4 members (excludes halogenated alkanes) is 30. The molecule has 0 heterocycles. The molecule has 0 bridgehead atoms. The molecule has 0 spiro atoms. The van der Waals surface area contributed by atoms with Gasteiger partial charge in [-0.2, -0.15) is 0 Å². The van der Waals surface area contributed by atoms with Crippen molar-refractivity contribution in [3.63, 3.8) is 0 Å². The summed E-state index contributed by atoms with van der Waals surface area (Å²) in [6.45, 7) is 4.62. The van der Waals surface area contributed by atoms with Crippen LogP contribution in [-0.4, -0.2) is 8.64 Å². The topological polar surface area (TPSA) is 52.0 Å². The maximum atomic E-state index is 4.66. The van der Waals surface area contributed by atoms with Gasteiger partial charge >= 0.3 is 169 Å². The van der Waals surface area contributed by atoms with E-state index in [0.717, 1.165) is 0 Å². The first-order valence-corrected chi connectivity index (χ1v) is 23.9. The summed E-state index contributed by atoms with van der Waals surface area (Å²) < 4.78 is 0.167. The molecule has 4 N–H and O–H groups in total. The second-order valence-electron chi connectivity index (χ2n) is 12.9. The van der Waals surface area contributed by atoms with E-state index in [1.807, 2.05) is 0 Å². The van der Waals surface area contributed by atoms with Crippen molar-refractivity contribution in [3.8, 4) is 0 Å². The molecule has 0 unspecified atom stereocenters. The predicted octanol–water partition coefficient (Wildman–Crippen LogP) is 14.0. The molecule has 0 atom stereocenters. The average molecular weight is 787 g/mol. The van der Waals surface area contributed by atoms with Crippen LogP contribution in [0.3, 0.4) is 0 Å². The Labute approximate surface area is 315 Å². The standard InChI is InChI=1S/2C18H37.2CH3NS2.Mo/c2*1-3-5-7-9-11-13-15-17-18-16-14-12-10-8-6-4-2;2*2-1(3)4;/h2*1,3-18H2,2H3;2*(H3,2,3,4);/q;;;;+2/p-2. The summed E-state index contributed by atoms with van der Waals surface area (Å²) >= 11 is 16.9. The fourth-order valence-electron chi connectivity index (χ4n) is 5.61. The van der Waals surface area contributed by atoms with E-state index in [0.29, 0.717) is 18.6 Å². The SMILES string of the molecule is CCCCCCCCCCCCCCCCC[CH2][Mo+2][CH2]CCCCCCCCCCCCCCCCC.NC(=S)[S-].NC(=S)[S-]. The minimum absolute atomic E-state index is 0.0833. The minimum atomic E-state index is 0.0833. The van der Waals surface area contributed by atoms with Crippen LogP contribution in [0.5, 0.6) is 0 Å². The fraction of sp³-hybridized carbons (Fsp3) is 0.947. The smallest absolute Gasteiger partial charge is 0.415 e. The number of hydrogen-bond donors (Lipinski definition) is 2. The maximum absolute atomic E-state index is 4.66. The quantitative estimate of drug-likeness (QED) is 0.0293. The van der Waals surface area contributed by atoms with Gasteiger partial charge in [0.2, 0.25) is 0 Å². The van der Waals surface area contributed by atoms with Crippen LogP contribution >= 0.6 is 24.4 Å². The number of nitrogens with two attached hydrogens (primary N) is 2. The summed E-state index contributed by atoms with van der Waals surface area (Å²) in [7, 11) is 0. The fourth-order valence-corrected chi connectivity index (χ4v) is 8.12. The van der Waals surface area contributed by atoms with E-state index in [1.165, 1.54) is 193 Å². The predicted molar refractivity (Wildman–Crippen MR) is 217 cm³/mol. The number of rotatable bonds is 34. The Hall–Kier alpha value is 0.908. The molecule has 0 saturated carbocycles. The summed E-state index contributed by atoms with van der Waals surface area (Å²) in [5.74, 6) is 0. The first-order chi connectivity index (χ1) is 21.9. The van der Waals surface area contributed by atoms with E-state index in [2.05, 4.69) is 75.0 Å². The van der Waals surface area contributed by atoms with E-state index >= 15 is 0 Å². The van der Waals surface area contributed by atoms with Crippen LogP contribution in [0.1, 0.15) is 219 Å². The molecule has 0 saturated heterocycles. The van der Waals surface area contributed by atoms with Gasteiger partial charge in [0, 0.05) is 0 Å². The first-order valence-electron chi connectivity index (χ1n) is 19.4. The van der Waals surface area contributed by atoms with Gasteiger partial charge in [0.25, 0.3) is 0 Å². The van der Waals surface area contributed by atoms with Crippen LogP contribution in [0.15, 0.2) is 0 Å². The van der Waals surface area contributed by atoms with Gasteiger partial charge in [0.05, 0.1) is 0 Å². The van der Waals surface area contributed by atoms with Crippen molar-refractivity contribution in [3.05, 3.63) is 0 Å². The zero-order chi connectivity index (χ0) is 33.9. The van der Waals surface area contributed by atoms with E-state index < -0.39 is 0 Å². The Morgan fingerprint density at radius 1 is 0.356 bits per heavy atom. The molecule has 270 valence electrons. The van der Waals surface area contributed by atoms with Crippen molar-refractivity contribution in [2.45, 2.75) is 229 Å². The molecule has 0 rings (SSSR count). The van der Waals surface area contributed by atoms with Crippen LogP contribution in [0.4, 0.5) is 0 Å². The van der Waals surface area contributed by atoms with Gasteiger partial charge in [0.1, 0.15) is 0 Å². The second-order valence-corrected chi connectivity index (χ2v) is 18.1. The molecule has 0 aromatic heterocycles. The minimum Gasteiger partial charge on any atom is -0.415 e. The zero-order valence-electron chi connectivity index (χ0n) is 30.2. The van der Waals surface area contributed by atoms with Gasteiger partial charge in [-0.1, -0.05) is 86.7 Å². The molecule has 0 aliphatic rings. The van der Waals surface area contributed by atoms with Gasteiger partial charge in [-0.15, -0.1) is 0 Å². The van der Waals surface area contributed by atoms with Gasteiger partial charge in [-0.3, -0.25) is 0 Å². The van der Waals surface area contributed by atoms with E-state index in [1.54, 1.807) is 22.5 Å². The van der Waals surface area contributed by atoms with Crippen LogP contribution in [0.25, 0.3) is 0 Å². The van der Waals surface area contributed by atoms with Crippen LogP contribution in [-0.2, 0) is 43.8 Å². The molecule has 0 fully saturated rings. The Morgan fingerprint density at radius 2 is 0.489 bits per heavy atom. The Morgan fingerprint density at radius 3 is 0.644 bits per heavy atom. The molecule has 0 aliphatic carbocycles. The van der Waals surface area contributed by atoms with Crippen LogP contribution < -0.4 is 11.5 Å².